The molecule has 4 heteroatoms. The highest BCUT2D eigenvalue weighted by Crippen LogP contribution is 2.23. The SMILES string of the molecule is Cn1nc2c(c1C(N)=S)CCCC2. The molecule has 3 nitrogen and oxygen atoms in total. The zero-order valence-corrected chi connectivity index (χ0v) is 8.52. The highest BCUT2D eigenvalue weighted by atomic mass is 32.1. The lowest BCUT2D eigenvalue weighted by atomic mass is 9.96. The fraction of sp³-hybridized carbons (Fsp3) is 0.556. The van der Waals surface area contributed by atoms with Crippen LogP contribution in [0, 0.1) is 0 Å². The standard InChI is InChI=1S/C9H13N3S/c1-12-8(9(10)13)6-4-2-3-5-7(6)11-12/h2-5H2,1H3,(H2,10,13). The van der Waals surface area contributed by atoms with Crippen molar-refractivity contribution in [2.45, 2.75) is 25.7 Å². The third kappa shape index (κ3) is 1.35. The second-order valence-corrected chi connectivity index (χ2v) is 3.91. The topological polar surface area (TPSA) is 43.8 Å². The van der Waals surface area contributed by atoms with Gasteiger partial charge in [0.2, 0.25) is 0 Å². The molecular weight excluding hydrogens is 182 g/mol. The van der Waals surface area contributed by atoms with Crippen molar-refractivity contribution >= 4 is 17.2 Å². The molecule has 2 rings (SSSR count). The number of nitrogens with two attached hydrogens (primary N) is 1. The van der Waals surface area contributed by atoms with Gasteiger partial charge in [0.15, 0.2) is 0 Å². The number of aromatic nitrogens is 2. The van der Waals surface area contributed by atoms with E-state index in [1.807, 2.05) is 11.7 Å². The Balaban J connectivity index is 2.54. The Bertz CT molecular complexity index is 354. The lowest BCUT2D eigenvalue weighted by Crippen LogP contribution is -2.17. The van der Waals surface area contributed by atoms with Gasteiger partial charge in [-0.2, -0.15) is 5.10 Å². The molecule has 1 aliphatic carbocycles. The molecule has 2 N–H and O–H groups in total. The van der Waals surface area contributed by atoms with Crippen LogP contribution in [0.4, 0.5) is 0 Å². The predicted octanol–water partition coefficient (Wildman–Crippen LogP) is 0.933. The first-order valence-corrected chi connectivity index (χ1v) is 4.95. The van der Waals surface area contributed by atoms with E-state index in [1.54, 1.807) is 0 Å². The Morgan fingerprint density at radius 2 is 2.15 bits per heavy atom. The van der Waals surface area contributed by atoms with Crippen LogP contribution in [0.3, 0.4) is 0 Å². The zero-order chi connectivity index (χ0) is 9.42. The molecule has 0 spiro atoms. The minimum Gasteiger partial charge on any atom is -0.388 e. The fourth-order valence-electron chi connectivity index (χ4n) is 1.99. The van der Waals surface area contributed by atoms with Gasteiger partial charge >= 0.3 is 0 Å². The van der Waals surface area contributed by atoms with Crippen LogP contribution in [0.2, 0.25) is 0 Å². The summed E-state index contributed by atoms with van der Waals surface area (Å²) < 4.78 is 1.82. The quantitative estimate of drug-likeness (QED) is 0.678. The Labute approximate surface area is 82.9 Å². The van der Waals surface area contributed by atoms with E-state index in [0.29, 0.717) is 4.99 Å². The lowest BCUT2D eigenvalue weighted by molar-refractivity contribution is 0.664. The first kappa shape index (κ1) is 8.69. The van der Waals surface area contributed by atoms with Gasteiger partial charge in [-0.1, -0.05) is 12.2 Å². The second-order valence-electron chi connectivity index (χ2n) is 3.47. The molecular formula is C9H13N3S. The van der Waals surface area contributed by atoms with E-state index in [-0.39, 0.29) is 0 Å². The van der Waals surface area contributed by atoms with Crippen LogP contribution in [-0.4, -0.2) is 14.8 Å². The Morgan fingerprint density at radius 1 is 1.46 bits per heavy atom. The van der Waals surface area contributed by atoms with Crippen LogP contribution in [0.15, 0.2) is 0 Å². The van der Waals surface area contributed by atoms with Crippen molar-refractivity contribution in [3.05, 3.63) is 17.0 Å². The summed E-state index contributed by atoms with van der Waals surface area (Å²) in [5.74, 6) is 0. The van der Waals surface area contributed by atoms with Crippen molar-refractivity contribution in [3.8, 4) is 0 Å². The van der Waals surface area contributed by atoms with Gasteiger partial charge in [0, 0.05) is 12.6 Å². The third-order valence-corrected chi connectivity index (χ3v) is 2.75. The third-order valence-electron chi connectivity index (χ3n) is 2.55. The fourth-order valence-corrected chi connectivity index (χ4v) is 2.24. The second kappa shape index (κ2) is 3.10. The molecule has 0 saturated carbocycles. The maximum Gasteiger partial charge on any atom is 0.122 e. The molecule has 0 fully saturated rings. The van der Waals surface area contributed by atoms with E-state index in [4.69, 9.17) is 18.0 Å². The monoisotopic (exact) mass is 195 g/mol. The smallest absolute Gasteiger partial charge is 0.122 e. The van der Waals surface area contributed by atoms with Crippen molar-refractivity contribution in [3.63, 3.8) is 0 Å². The number of nitrogens with zero attached hydrogens (tertiary/aromatic N) is 2. The van der Waals surface area contributed by atoms with Crippen molar-refractivity contribution in [2.24, 2.45) is 12.8 Å². The van der Waals surface area contributed by atoms with Crippen molar-refractivity contribution < 1.29 is 0 Å². The van der Waals surface area contributed by atoms with Crippen molar-refractivity contribution in [1.82, 2.24) is 9.78 Å². The summed E-state index contributed by atoms with van der Waals surface area (Å²) in [6, 6.07) is 0. The molecule has 0 saturated heterocycles. The van der Waals surface area contributed by atoms with E-state index >= 15 is 0 Å². The molecule has 0 bridgehead atoms. The Hall–Kier alpha value is -0.900. The van der Waals surface area contributed by atoms with Gasteiger partial charge in [0.25, 0.3) is 0 Å². The molecule has 1 aliphatic rings. The Morgan fingerprint density at radius 3 is 2.85 bits per heavy atom. The summed E-state index contributed by atoms with van der Waals surface area (Å²) >= 11 is 5.01. The molecule has 0 aliphatic heterocycles. The first-order chi connectivity index (χ1) is 6.20. The molecule has 1 aromatic heterocycles. The molecule has 1 aromatic rings. The molecule has 1 heterocycles. The predicted molar refractivity (Wildman–Crippen MR) is 55.7 cm³/mol. The number of thiocarbonyl (C=S) groups is 1. The average molecular weight is 195 g/mol. The number of hydrogen-bond donors (Lipinski definition) is 1. The molecule has 0 radical (unpaired) electrons. The van der Waals surface area contributed by atoms with Gasteiger partial charge in [-0.05, 0) is 25.7 Å². The van der Waals surface area contributed by atoms with E-state index in [1.165, 1.54) is 24.1 Å². The molecule has 13 heavy (non-hydrogen) atoms. The van der Waals surface area contributed by atoms with Crippen molar-refractivity contribution in [2.75, 3.05) is 0 Å². The van der Waals surface area contributed by atoms with E-state index in [2.05, 4.69) is 5.10 Å². The summed E-state index contributed by atoms with van der Waals surface area (Å²) in [4.78, 5) is 0.471. The van der Waals surface area contributed by atoms with Crippen LogP contribution >= 0.6 is 12.2 Å². The van der Waals surface area contributed by atoms with Gasteiger partial charge < -0.3 is 5.73 Å². The molecule has 0 atom stereocenters. The number of fused-ring (bicyclic) bond motifs is 1. The van der Waals surface area contributed by atoms with Gasteiger partial charge in [-0.3, -0.25) is 4.68 Å². The maximum atomic E-state index is 5.65. The Kier molecular flexibility index (Phi) is 2.07. The van der Waals surface area contributed by atoms with E-state index < -0.39 is 0 Å². The number of rotatable bonds is 1. The van der Waals surface area contributed by atoms with Crippen LogP contribution in [-0.2, 0) is 19.9 Å². The maximum absolute atomic E-state index is 5.65. The highest BCUT2D eigenvalue weighted by molar-refractivity contribution is 7.80. The van der Waals surface area contributed by atoms with Crippen LogP contribution < -0.4 is 5.73 Å². The van der Waals surface area contributed by atoms with Crippen LogP contribution in [0.25, 0.3) is 0 Å². The van der Waals surface area contributed by atoms with Gasteiger partial charge in [0.05, 0.1) is 11.4 Å². The lowest BCUT2D eigenvalue weighted by Gasteiger charge is -2.10. The summed E-state index contributed by atoms with van der Waals surface area (Å²) in [5, 5.41) is 4.42. The van der Waals surface area contributed by atoms with Crippen LogP contribution in [0.5, 0.6) is 0 Å². The summed E-state index contributed by atoms with van der Waals surface area (Å²) in [6.07, 6.45) is 4.62. The average Bonchev–Trinajstić information content (AvgIpc) is 2.39. The normalized spacial score (nSPS) is 15.5. The number of aryl methyl sites for hydroxylation is 2. The van der Waals surface area contributed by atoms with Crippen LogP contribution in [0.1, 0.15) is 29.8 Å². The minimum atomic E-state index is 0.471. The van der Waals surface area contributed by atoms with Gasteiger partial charge in [0.1, 0.15) is 4.99 Å². The first-order valence-electron chi connectivity index (χ1n) is 4.54. The summed E-state index contributed by atoms with van der Waals surface area (Å²) in [7, 11) is 1.91. The number of hydrogen-bond acceptors (Lipinski definition) is 2. The van der Waals surface area contributed by atoms with E-state index in [0.717, 1.165) is 18.5 Å². The molecule has 0 unspecified atom stereocenters. The summed E-state index contributed by atoms with van der Waals surface area (Å²) in [6.45, 7) is 0. The van der Waals surface area contributed by atoms with Gasteiger partial charge in [-0.15, -0.1) is 0 Å². The zero-order valence-electron chi connectivity index (χ0n) is 7.71. The van der Waals surface area contributed by atoms with E-state index in [9.17, 15) is 0 Å². The largest absolute Gasteiger partial charge is 0.388 e. The molecule has 0 aromatic carbocycles. The van der Waals surface area contributed by atoms with Gasteiger partial charge in [-0.25, -0.2) is 0 Å². The molecule has 70 valence electrons. The minimum absolute atomic E-state index is 0.471. The molecule has 0 amide bonds. The summed E-state index contributed by atoms with van der Waals surface area (Å²) in [5.41, 5.74) is 9.09. The van der Waals surface area contributed by atoms with Crippen molar-refractivity contribution in [1.29, 1.82) is 0 Å². The highest BCUT2D eigenvalue weighted by Gasteiger charge is 2.20.